The lowest BCUT2D eigenvalue weighted by Crippen LogP contribution is -2.48. The minimum atomic E-state index is -0.212. The fraction of sp³-hybridized carbons (Fsp3) is 0.600. The first-order chi connectivity index (χ1) is 8.08. The Morgan fingerprint density at radius 3 is 2.88 bits per heavy atom. The van der Waals surface area contributed by atoms with Crippen molar-refractivity contribution >= 4 is 17.6 Å². The lowest BCUT2D eigenvalue weighted by atomic mass is 10.2. The standard InChI is InChI=1S/C10H17N5O2/c1-6-3-15(4-7(5-16)17-6)9-2-8(11)13-10(12)14-9/h2,6-7,16H,3-5H2,1H3,(H4,11,12,13,14). The molecule has 0 saturated carbocycles. The maximum absolute atomic E-state index is 9.15. The molecule has 0 amide bonds. The van der Waals surface area contributed by atoms with Gasteiger partial charge in [-0.05, 0) is 6.92 Å². The van der Waals surface area contributed by atoms with E-state index in [1.54, 1.807) is 6.07 Å². The molecule has 0 aliphatic carbocycles. The molecule has 5 N–H and O–H groups in total. The number of morpholine rings is 1. The van der Waals surface area contributed by atoms with E-state index >= 15 is 0 Å². The van der Waals surface area contributed by atoms with Gasteiger partial charge in [-0.2, -0.15) is 9.97 Å². The zero-order chi connectivity index (χ0) is 12.4. The highest BCUT2D eigenvalue weighted by Crippen LogP contribution is 2.20. The van der Waals surface area contributed by atoms with Gasteiger partial charge in [0.2, 0.25) is 5.95 Å². The molecule has 1 aromatic rings. The van der Waals surface area contributed by atoms with Crippen LogP contribution in [0.4, 0.5) is 17.6 Å². The number of aliphatic hydroxyl groups excluding tert-OH is 1. The number of aliphatic hydroxyl groups is 1. The van der Waals surface area contributed by atoms with Crippen LogP contribution in [0.2, 0.25) is 0 Å². The highest BCUT2D eigenvalue weighted by atomic mass is 16.5. The fourth-order valence-electron chi connectivity index (χ4n) is 1.97. The summed E-state index contributed by atoms with van der Waals surface area (Å²) in [6.45, 7) is 3.18. The van der Waals surface area contributed by atoms with Crippen LogP contribution in [-0.4, -0.2) is 47.0 Å². The van der Waals surface area contributed by atoms with Crippen LogP contribution in [0.5, 0.6) is 0 Å². The maximum atomic E-state index is 9.15. The predicted molar refractivity (Wildman–Crippen MR) is 64.5 cm³/mol. The molecule has 1 saturated heterocycles. The molecule has 2 atom stereocenters. The van der Waals surface area contributed by atoms with Crippen LogP contribution in [0.1, 0.15) is 6.92 Å². The Kier molecular flexibility index (Phi) is 3.30. The van der Waals surface area contributed by atoms with Crippen molar-refractivity contribution in [1.29, 1.82) is 0 Å². The molecule has 17 heavy (non-hydrogen) atoms. The first kappa shape index (κ1) is 11.9. The maximum Gasteiger partial charge on any atom is 0.223 e. The molecule has 7 heteroatoms. The van der Waals surface area contributed by atoms with Crippen molar-refractivity contribution in [2.45, 2.75) is 19.1 Å². The van der Waals surface area contributed by atoms with Crippen molar-refractivity contribution in [3.8, 4) is 0 Å². The number of nitrogens with two attached hydrogens (primary N) is 2. The van der Waals surface area contributed by atoms with E-state index in [9.17, 15) is 0 Å². The first-order valence-corrected chi connectivity index (χ1v) is 5.49. The Morgan fingerprint density at radius 2 is 2.24 bits per heavy atom. The summed E-state index contributed by atoms with van der Waals surface area (Å²) in [4.78, 5) is 9.95. The fourth-order valence-corrected chi connectivity index (χ4v) is 1.97. The van der Waals surface area contributed by atoms with Crippen LogP contribution in [-0.2, 0) is 4.74 Å². The van der Waals surface area contributed by atoms with Gasteiger partial charge < -0.3 is 26.2 Å². The molecule has 0 radical (unpaired) electrons. The summed E-state index contributed by atoms with van der Waals surface area (Å²) in [5.74, 6) is 1.16. The second-order valence-electron chi connectivity index (χ2n) is 4.17. The third-order valence-electron chi connectivity index (χ3n) is 2.60. The van der Waals surface area contributed by atoms with Gasteiger partial charge in [0.05, 0.1) is 18.8 Å². The summed E-state index contributed by atoms with van der Waals surface area (Å²) < 4.78 is 5.55. The van der Waals surface area contributed by atoms with Gasteiger partial charge in [-0.25, -0.2) is 0 Å². The molecule has 1 aromatic heterocycles. The van der Waals surface area contributed by atoms with Crippen molar-refractivity contribution in [3.05, 3.63) is 6.07 Å². The monoisotopic (exact) mass is 239 g/mol. The average molecular weight is 239 g/mol. The summed E-state index contributed by atoms with van der Waals surface area (Å²) in [6, 6.07) is 1.67. The Balaban J connectivity index is 2.20. The van der Waals surface area contributed by atoms with Gasteiger partial charge >= 0.3 is 0 Å². The van der Waals surface area contributed by atoms with E-state index in [-0.39, 0.29) is 24.8 Å². The number of hydrogen-bond donors (Lipinski definition) is 3. The molecule has 1 aliphatic rings. The number of hydrogen-bond acceptors (Lipinski definition) is 7. The molecular weight excluding hydrogens is 222 g/mol. The van der Waals surface area contributed by atoms with Gasteiger partial charge in [-0.15, -0.1) is 0 Å². The Hall–Kier alpha value is -1.60. The smallest absolute Gasteiger partial charge is 0.223 e. The van der Waals surface area contributed by atoms with Gasteiger partial charge in [-0.3, -0.25) is 0 Å². The zero-order valence-electron chi connectivity index (χ0n) is 9.71. The molecule has 0 spiro atoms. The largest absolute Gasteiger partial charge is 0.394 e. The van der Waals surface area contributed by atoms with Crippen LogP contribution < -0.4 is 16.4 Å². The molecule has 7 nitrogen and oxygen atoms in total. The third kappa shape index (κ3) is 2.75. The summed E-state index contributed by atoms with van der Waals surface area (Å²) >= 11 is 0. The van der Waals surface area contributed by atoms with Crippen LogP contribution >= 0.6 is 0 Å². The number of ether oxygens (including phenoxy) is 1. The number of nitrogens with zero attached hydrogens (tertiary/aromatic N) is 3. The Bertz CT molecular complexity index is 380. The second kappa shape index (κ2) is 4.72. The molecule has 1 aliphatic heterocycles. The third-order valence-corrected chi connectivity index (χ3v) is 2.60. The van der Waals surface area contributed by atoms with Gasteiger partial charge in [0.15, 0.2) is 0 Å². The quantitative estimate of drug-likeness (QED) is 0.621. The minimum Gasteiger partial charge on any atom is -0.394 e. The van der Waals surface area contributed by atoms with Crippen LogP contribution in [0.3, 0.4) is 0 Å². The van der Waals surface area contributed by atoms with Crippen molar-refractivity contribution in [1.82, 2.24) is 9.97 Å². The minimum absolute atomic E-state index is 0.0170. The van der Waals surface area contributed by atoms with Crippen LogP contribution in [0.25, 0.3) is 0 Å². The highest BCUT2D eigenvalue weighted by Gasteiger charge is 2.25. The number of rotatable bonds is 2. The summed E-state index contributed by atoms with van der Waals surface area (Å²) in [5, 5.41) is 9.15. The Morgan fingerprint density at radius 1 is 1.47 bits per heavy atom. The van der Waals surface area contributed by atoms with E-state index in [2.05, 4.69) is 9.97 Å². The summed E-state index contributed by atoms with van der Waals surface area (Å²) in [7, 11) is 0. The van der Waals surface area contributed by atoms with Gasteiger partial charge in [0.1, 0.15) is 11.6 Å². The molecule has 1 fully saturated rings. The Labute approximate surface area is 99.4 Å². The molecule has 0 bridgehead atoms. The predicted octanol–water partition coefficient (Wildman–Crippen LogP) is -0.773. The lowest BCUT2D eigenvalue weighted by molar-refractivity contribution is -0.0423. The SMILES string of the molecule is CC1CN(c2cc(N)nc(N)n2)CC(CO)O1. The second-order valence-corrected chi connectivity index (χ2v) is 4.17. The van der Waals surface area contributed by atoms with E-state index in [0.717, 1.165) is 0 Å². The van der Waals surface area contributed by atoms with E-state index in [0.29, 0.717) is 24.7 Å². The number of aromatic nitrogens is 2. The topological polar surface area (TPSA) is 111 Å². The van der Waals surface area contributed by atoms with Gasteiger partial charge in [0, 0.05) is 19.2 Å². The van der Waals surface area contributed by atoms with Gasteiger partial charge in [-0.1, -0.05) is 0 Å². The molecule has 2 unspecified atom stereocenters. The van der Waals surface area contributed by atoms with Crippen LogP contribution in [0.15, 0.2) is 6.07 Å². The lowest BCUT2D eigenvalue weighted by Gasteiger charge is -2.36. The molecular formula is C10H17N5O2. The van der Waals surface area contributed by atoms with Gasteiger partial charge in [0.25, 0.3) is 0 Å². The van der Waals surface area contributed by atoms with Crippen LogP contribution in [0, 0.1) is 0 Å². The molecule has 0 aromatic carbocycles. The molecule has 2 rings (SSSR count). The first-order valence-electron chi connectivity index (χ1n) is 5.49. The van der Waals surface area contributed by atoms with E-state index < -0.39 is 0 Å². The zero-order valence-corrected chi connectivity index (χ0v) is 9.71. The molecule has 2 heterocycles. The average Bonchev–Trinajstić information content (AvgIpc) is 2.26. The van der Waals surface area contributed by atoms with E-state index in [1.807, 2.05) is 11.8 Å². The highest BCUT2D eigenvalue weighted by molar-refractivity contribution is 5.50. The van der Waals surface area contributed by atoms with Crippen molar-refractivity contribution in [2.75, 3.05) is 36.1 Å². The van der Waals surface area contributed by atoms with E-state index in [4.69, 9.17) is 21.3 Å². The molecule has 94 valence electrons. The number of anilines is 3. The summed E-state index contributed by atoms with van der Waals surface area (Å²) in [5.41, 5.74) is 11.2. The van der Waals surface area contributed by atoms with Crippen molar-refractivity contribution in [2.24, 2.45) is 0 Å². The van der Waals surface area contributed by atoms with Crippen molar-refractivity contribution < 1.29 is 9.84 Å². The summed E-state index contributed by atoms with van der Waals surface area (Å²) in [6.07, 6.45) is -0.186. The number of nitrogen functional groups attached to an aromatic ring is 2. The van der Waals surface area contributed by atoms with Crippen molar-refractivity contribution in [3.63, 3.8) is 0 Å². The van der Waals surface area contributed by atoms with E-state index in [1.165, 1.54) is 0 Å². The normalized spacial score (nSPS) is 24.9.